The Morgan fingerprint density at radius 2 is 1.76 bits per heavy atom. The number of likely N-dealkylation sites (N-methyl/N-ethyl adjacent to an activating group) is 1. The molecule has 0 aromatic heterocycles. The van der Waals surface area contributed by atoms with Crippen molar-refractivity contribution in [1.29, 1.82) is 0 Å². The maximum absolute atomic E-state index is 12.2. The second kappa shape index (κ2) is 8.13. The maximum Gasteiger partial charge on any atom is 0.238 e. The van der Waals surface area contributed by atoms with Gasteiger partial charge in [0.05, 0.1) is 24.2 Å². The lowest BCUT2D eigenvalue weighted by atomic mass is 10.2. The molecule has 0 bridgehead atoms. The second-order valence-electron chi connectivity index (χ2n) is 5.84. The highest BCUT2D eigenvalue weighted by Gasteiger charge is 2.15. The van der Waals surface area contributed by atoms with E-state index >= 15 is 0 Å². The number of hydrogen-bond donors (Lipinski definition) is 1. The van der Waals surface area contributed by atoms with Crippen molar-refractivity contribution in [1.82, 2.24) is 4.90 Å². The Labute approximate surface area is 148 Å². The topological polar surface area (TPSA) is 75.7 Å². The lowest BCUT2D eigenvalue weighted by molar-refractivity contribution is -0.117. The molecule has 7 heteroatoms. The minimum absolute atomic E-state index is 0.112. The van der Waals surface area contributed by atoms with Crippen LogP contribution < -0.4 is 10.1 Å². The zero-order valence-corrected chi connectivity index (χ0v) is 15.3. The van der Waals surface area contributed by atoms with Crippen LogP contribution in [0.2, 0.25) is 0 Å². The van der Waals surface area contributed by atoms with Gasteiger partial charge in [-0.2, -0.15) is 0 Å². The lowest BCUT2D eigenvalue weighted by Crippen LogP contribution is -2.30. The molecule has 2 aromatic rings. The molecular formula is C18H22N2O4S. The van der Waals surface area contributed by atoms with Gasteiger partial charge in [0, 0.05) is 12.8 Å². The highest BCUT2D eigenvalue weighted by Crippen LogP contribution is 2.20. The highest BCUT2D eigenvalue weighted by atomic mass is 32.2. The monoisotopic (exact) mass is 362 g/mol. The molecule has 1 N–H and O–H groups in total. The van der Waals surface area contributed by atoms with E-state index in [1.807, 2.05) is 36.2 Å². The molecule has 0 aliphatic rings. The molecule has 0 aliphatic carbocycles. The van der Waals surface area contributed by atoms with Crippen LogP contribution in [0.25, 0.3) is 0 Å². The molecule has 25 heavy (non-hydrogen) atoms. The van der Waals surface area contributed by atoms with Crippen LogP contribution in [0.3, 0.4) is 0 Å². The third-order valence-corrected chi connectivity index (χ3v) is 4.74. The van der Waals surface area contributed by atoms with E-state index in [1.165, 1.54) is 6.07 Å². The van der Waals surface area contributed by atoms with Gasteiger partial charge in [0.1, 0.15) is 5.75 Å². The van der Waals surface area contributed by atoms with Crippen molar-refractivity contribution in [3.05, 3.63) is 54.1 Å². The van der Waals surface area contributed by atoms with Crippen molar-refractivity contribution in [2.24, 2.45) is 0 Å². The van der Waals surface area contributed by atoms with Crippen LogP contribution in [0.1, 0.15) is 5.56 Å². The number of ether oxygens (including phenoxy) is 1. The molecule has 2 aromatic carbocycles. The number of methoxy groups -OCH3 is 1. The van der Waals surface area contributed by atoms with E-state index in [2.05, 4.69) is 5.32 Å². The van der Waals surface area contributed by atoms with Crippen LogP contribution >= 0.6 is 0 Å². The van der Waals surface area contributed by atoms with Gasteiger partial charge in [0.25, 0.3) is 0 Å². The largest absolute Gasteiger partial charge is 0.497 e. The zero-order valence-electron chi connectivity index (χ0n) is 14.5. The third kappa shape index (κ3) is 5.58. The number of nitrogens with one attached hydrogen (secondary N) is 1. The SMILES string of the molecule is COc1ccc(CN(C)CC(=O)Nc2ccccc2S(C)(=O)=O)cc1. The van der Waals surface area contributed by atoms with E-state index in [-0.39, 0.29) is 17.3 Å². The number of carbonyl (C=O) groups is 1. The Balaban J connectivity index is 1.98. The van der Waals surface area contributed by atoms with Crippen molar-refractivity contribution < 1.29 is 17.9 Å². The predicted octanol–water partition coefficient (Wildman–Crippen LogP) is 2.17. The Morgan fingerprint density at radius 1 is 1.12 bits per heavy atom. The first kappa shape index (κ1) is 19.0. The number of nitrogens with zero attached hydrogens (tertiary/aromatic N) is 1. The number of carbonyl (C=O) groups excluding carboxylic acids is 1. The van der Waals surface area contributed by atoms with Crippen molar-refractivity contribution >= 4 is 21.4 Å². The van der Waals surface area contributed by atoms with Gasteiger partial charge < -0.3 is 10.1 Å². The van der Waals surface area contributed by atoms with Crippen LogP contribution in [0, 0.1) is 0 Å². The van der Waals surface area contributed by atoms with Crippen molar-refractivity contribution in [2.75, 3.05) is 32.3 Å². The maximum atomic E-state index is 12.2. The summed E-state index contributed by atoms with van der Waals surface area (Å²) in [6.45, 7) is 0.731. The number of hydrogen-bond acceptors (Lipinski definition) is 5. The van der Waals surface area contributed by atoms with Gasteiger partial charge in [-0.1, -0.05) is 24.3 Å². The van der Waals surface area contributed by atoms with Crippen molar-refractivity contribution in [2.45, 2.75) is 11.4 Å². The fourth-order valence-electron chi connectivity index (χ4n) is 2.43. The Morgan fingerprint density at radius 3 is 2.36 bits per heavy atom. The highest BCUT2D eigenvalue weighted by molar-refractivity contribution is 7.90. The summed E-state index contributed by atoms with van der Waals surface area (Å²) in [6.07, 6.45) is 1.12. The van der Waals surface area contributed by atoms with E-state index in [0.717, 1.165) is 17.6 Å². The molecule has 0 heterocycles. The van der Waals surface area contributed by atoms with Gasteiger partial charge in [0.15, 0.2) is 9.84 Å². The van der Waals surface area contributed by atoms with Gasteiger partial charge in [-0.15, -0.1) is 0 Å². The van der Waals surface area contributed by atoms with Crippen molar-refractivity contribution in [3.8, 4) is 5.75 Å². The molecule has 2 rings (SSSR count). The van der Waals surface area contributed by atoms with E-state index in [9.17, 15) is 13.2 Å². The number of amides is 1. The first-order chi connectivity index (χ1) is 11.8. The number of anilines is 1. The Bertz CT molecular complexity index is 832. The average Bonchev–Trinajstić information content (AvgIpc) is 2.54. The molecular weight excluding hydrogens is 340 g/mol. The molecule has 0 atom stereocenters. The number of rotatable bonds is 7. The molecule has 134 valence electrons. The molecule has 6 nitrogen and oxygen atoms in total. The molecule has 0 unspecified atom stereocenters. The summed E-state index contributed by atoms with van der Waals surface area (Å²) in [5.74, 6) is 0.508. The number of para-hydroxylation sites is 1. The summed E-state index contributed by atoms with van der Waals surface area (Å²) in [6, 6.07) is 14.0. The van der Waals surface area contributed by atoms with Gasteiger partial charge in [-0.25, -0.2) is 8.42 Å². The summed E-state index contributed by atoms with van der Waals surface area (Å²) in [4.78, 5) is 14.2. The van der Waals surface area contributed by atoms with Crippen molar-refractivity contribution in [3.63, 3.8) is 0 Å². The Hall–Kier alpha value is -2.38. The first-order valence-corrected chi connectivity index (χ1v) is 9.59. The Kier molecular flexibility index (Phi) is 6.17. The van der Waals surface area contributed by atoms with E-state index in [1.54, 1.807) is 25.3 Å². The fourth-order valence-corrected chi connectivity index (χ4v) is 3.27. The minimum Gasteiger partial charge on any atom is -0.497 e. The van der Waals surface area contributed by atoms with Gasteiger partial charge in [-0.05, 0) is 36.9 Å². The molecule has 1 amide bonds. The summed E-state index contributed by atoms with van der Waals surface area (Å²) >= 11 is 0. The first-order valence-electron chi connectivity index (χ1n) is 7.70. The molecule has 0 radical (unpaired) electrons. The van der Waals surface area contributed by atoms with Gasteiger partial charge >= 0.3 is 0 Å². The number of sulfone groups is 1. The van der Waals surface area contributed by atoms with Crippen LogP contribution in [-0.2, 0) is 21.2 Å². The fraction of sp³-hybridized carbons (Fsp3) is 0.278. The van der Waals surface area contributed by atoms with Gasteiger partial charge in [-0.3, -0.25) is 9.69 Å². The molecule has 0 aliphatic heterocycles. The summed E-state index contributed by atoms with van der Waals surface area (Å²) < 4.78 is 28.7. The number of benzene rings is 2. The molecule has 0 spiro atoms. The summed E-state index contributed by atoms with van der Waals surface area (Å²) in [5.41, 5.74) is 1.35. The average molecular weight is 362 g/mol. The molecule has 0 saturated heterocycles. The van der Waals surface area contributed by atoms with Crippen LogP contribution in [0.5, 0.6) is 5.75 Å². The smallest absolute Gasteiger partial charge is 0.238 e. The zero-order chi connectivity index (χ0) is 18.4. The summed E-state index contributed by atoms with van der Waals surface area (Å²) in [7, 11) is 0.0337. The van der Waals surface area contributed by atoms with E-state index < -0.39 is 9.84 Å². The van der Waals surface area contributed by atoms with E-state index in [0.29, 0.717) is 12.2 Å². The standard InChI is InChI=1S/C18H22N2O4S/c1-20(12-14-8-10-15(24-2)11-9-14)13-18(21)19-16-6-4-5-7-17(16)25(3,22)23/h4-11H,12-13H2,1-3H3,(H,19,21). The van der Waals surface area contributed by atoms with Gasteiger partial charge in [0.2, 0.25) is 5.91 Å². The minimum atomic E-state index is -3.40. The summed E-state index contributed by atoms with van der Waals surface area (Å²) in [5, 5.41) is 2.67. The molecule has 0 saturated carbocycles. The van der Waals surface area contributed by atoms with Crippen LogP contribution in [0.15, 0.2) is 53.4 Å². The third-order valence-electron chi connectivity index (χ3n) is 3.59. The second-order valence-corrected chi connectivity index (χ2v) is 7.82. The predicted molar refractivity (Wildman–Crippen MR) is 97.5 cm³/mol. The quantitative estimate of drug-likeness (QED) is 0.817. The van der Waals surface area contributed by atoms with Crippen LogP contribution in [-0.4, -0.2) is 46.2 Å². The van der Waals surface area contributed by atoms with E-state index in [4.69, 9.17) is 4.74 Å². The molecule has 0 fully saturated rings. The van der Waals surface area contributed by atoms with Crippen LogP contribution in [0.4, 0.5) is 5.69 Å². The lowest BCUT2D eigenvalue weighted by Gasteiger charge is -2.17. The normalized spacial score (nSPS) is 11.4.